The Bertz CT molecular complexity index is 447. The normalized spacial score (nSPS) is 10.1. The number of esters is 1. The molecule has 0 bridgehead atoms. The summed E-state index contributed by atoms with van der Waals surface area (Å²) in [5, 5.41) is 12.0. The van der Waals surface area contributed by atoms with Crippen LogP contribution in [0.25, 0.3) is 0 Å². The largest absolute Gasteiger partial charge is 0.464 e. The number of ether oxygens (including phenoxy) is 1. The molecule has 0 radical (unpaired) electrons. The van der Waals surface area contributed by atoms with E-state index in [1.54, 1.807) is 12.3 Å². The zero-order chi connectivity index (χ0) is 12.0. The number of aromatic nitrogens is 1. The van der Waals surface area contributed by atoms with Crippen LogP contribution in [-0.2, 0) is 4.74 Å². The van der Waals surface area contributed by atoms with E-state index < -0.39 is 5.97 Å². The summed E-state index contributed by atoms with van der Waals surface area (Å²) in [6, 6.07) is 3.59. The van der Waals surface area contributed by atoms with E-state index >= 15 is 0 Å². The van der Waals surface area contributed by atoms with E-state index in [9.17, 15) is 4.79 Å². The van der Waals surface area contributed by atoms with Gasteiger partial charge >= 0.3 is 5.97 Å². The molecule has 1 aromatic rings. The summed E-state index contributed by atoms with van der Waals surface area (Å²) in [5.41, 5.74) is 2.89. The third-order valence-electron chi connectivity index (χ3n) is 1.66. The Labute approximate surface area is 101 Å². The Kier molecular flexibility index (Phi) is 4.54. The second-order valence-electron chi connectivity index (χ2n) is 2.65. The van der Waals surface area contributed by atoms with Gasteiger partial charge in [-0.2, -0.15) is 10.4 Å². The fourth-order valence-electron chi connectivity index (χ4n) is 0.974. The molecule has 0 saturated carbocycles. The molecule has 84 valence electrons. The van der Waals surface area contributed by atoms with Gasteiger partial charge in [-0.1, -0.05) is 0 Å². The fourth-order valence-corrected chi connectivity index (χ4v) is 1.44. The van der Waals surface area contributed by atoms with E-state index in [-0.39, 0.29) is 6.42 Å². The van der Waals surface area contributed by atoms with Crippen LogP contribution >= 0.6 is 15.9 Å². The van der Waals surface area contributed by atoms with Crippen LogP contribution in [0.5, 0.6) is 0 Å². The number of carbonyl (C=O) groups is 1. The highest BCUT2D eigenvalue weighted by Crippen LogP contribution is 2.17. The smallest absolute Gasteiger partial charge is 0.357 e. The van der Waals surface area contributed by atoms with Crippen molar-refractivity contribution in [2.75, 3.05) is 12.6 Å². The van der Waals surface area contributed by atoms with Crippen molar-refractivity contribution in [2.24, 2.45) is 5.10 Å². The molecule has 0 spiro atoms. The van der Waals surface area contributed by atoms with E-state index in [0.717, 1.165) is 0 Å². The Balaban J connectivity index is 2.81. The lowest BCUT2D eigenvalue weighted by molar-refractivity contribution is 0.0589. The molecular weight excluding hydrogens is 276 g/mol. The Morgan fingerprint density at radius 1 is 1.88 bits per heavy atom. The van der Waals surface area contributed by atoms with Crippen molar-refractivity contribution >= 4 is 28.1 Å². The molecule has 0 unspecified atom stereocenters. The van der Waals surface area contributed by atoms with Crippen molar-refractivity contribution in [3.63, 3.8) is 0 Å². The zero-order valence-electron chi connectivity index (χ0n) is 8.48. The van der Waals surface area contributed by atoms with Gasteiger partial charge in [0, 0.05) is 12.4 Å². The van der Waals surface area contributed by atoms with E-state index in [1.165, 1.54) is 18.0 Å². The highest BCUT2D eigenvalue weighted by Gasteiger charge is 2.15. The second kappa shape index (κ2) is 5.92. The summed E-state index contributed by atoms with van der Waals surface area (Å²) in [7, 11) is 1.30. The molecule has 0 aromatic carbocycles. The van der Waals surface area contributed by atoms with Crippen LogP contribution in [0.1, 0.15) is 16.9 Å². The predicted molar refractivity (Wildman–Crippen MR) is 61.6 cm³/mol. The van der Waals surface area contributed by atoms with Crippen LogP contribution in [-0.4, -0.2) is 24.0 Å². The molecule has 0 aliphatic rings. The number of hydrogen-bond donors (Lipinski definition) is 1. The van der Waals surface area contributed by atoms with E-state index in [1.807, 2.05) is 6.07 Å². The van der Waals surface area contributed by atoms with Gasteiger partial charge in [-0.15, -0.1) is 0 Å². The lowest BCUT2D eigenvalue weighted by Crippen LogP contribution is -2.16. The van der Waals surface area contributed by atoms with Crippen molar-refractivity contribution < 1.29 is 9.53 Å². The first kappa shape index (κ1) is 12.3. The van der Waals surface area contributed by atoms with Gasteiger partial charge in [0.05, 0.1) is 24.1 Å². The lowest BCUT2D eigenvalue weighted by atomic mass is 10.4. The summed E-state index contributed by atoms with van der Waals surface area (Å²) in [6.45, 7) is 0. The van der Waals surface area contributed by atoms with Gasteiger partial charge in [0.15, 0.2) is 5.69 Å². The number of rotatable bonds is 4. The predicted octanol–water partition coefficient (Wildman–Crippen LogP) is 1.48. The van der Waals surface area contributed by atoms with E-state index in [2.05, 4.69) is 31.3 Å². The molecule has 0 fully saturated rings. The third kappa shape index (κ3) is 2.84. The van der Waals surface area contributed by atoms with Crippen LogP contribution in [0.15, 0.2) is 21.8 Å². The number of nitrogens with zero attached hydrogens (tertiary/aromatic N) is 3. The van der Waals surface area contributed by atoms with Gasteiger partial charge in [0.25, 0.3) is 0 Å². The molecule has 0 aliphatic carbocycles. The summed E-state index contributed by atoms with van der Waals surface area (Å²) >= 11 is 3.22. The minimum absolute atomic E-state index is 0.197. The maximum Gasteiger partial charge on any atom is 0.357 e. The number of nitriles is 1. The molecule has 1 aromatic heterocycles. The number of carbonyl (C=O) groups excluding carboxylic acids is 1. The highest BCUT2D eigenvalue weighted by molar-refractivity contribution is 9.10. The Morgan fingerprint density at radius 2 is 2.62 bits per heavy atom. The highest BCUT2D eigenvalue weighted by atomic mass is 79.9. The number of hydrogen-bond acceptors (Lipinski definition) is 5. The van der Waals surface area contributed by atoms with Gasteiger partial charge in [0.1, 0.15) is 0 Å². The molecular formula is C9H9BrN4O2. The van der Waals surface area contributed by atoms with Crippen LogP contribution < -0.4 is 5.53 Å². The first-order chi connectivity index (χ1) is 7.70. The molecule has 16 heavy (non-hydrogen) atoms. The average Bonchev–Trinajstić information content (AvgIpc) is 2.65. The third-order valence-corrected chi connectivity index (χ3v) is 2.30. The van der Waals surface area contributed by atoms with Crippen molar-refractivity contribution in [3.05, 3.63) is 22.4 Å². The molecule has 1 rings (SSSR count). The summed E-state index contributed by atoms with van der Waals surface area (Å²) in [4.78, 5) is 11.4. The van der Waals surface area contributed by atoms with Gasteiger partial charge in [0.2, 0.25) is 0 Å². The Hall–Kier alpha value is -1.81. The molecule has 6 nitrogen and oxygen atoms in total. The molecule has 0 amide bonds. The van der Waals surface area contributed by atoms with Gasteiger partial charge in [-0.05, 0) is 22.0 Å². The second-order valence-corrected chi connectivity index (χ2v) is 3.50. The molecule has 1 N–H and O–H groups in total. The molecule has 0 atom stereocenters. The maximum atomic E-state index is 11.4. The van der Waals surface area contributed by atoms with Gasteiger partial charge in [-0.25, -0.2) is 15.0 Å². The molecule has 7 heteroatoms. The number of nitrogens with one attached hydrogen (secondary N) is 1. The SMILES string of the molecule is COC(=O)c1c(Br)ccn1N/N=C/CC#N. The number of methoxy groups -OCH3 is 1. The summed E-state index contributed by atoms with van der Waals surface area (Å²) < 4.78 is 6.60. The maximum absolute atomic E-state index is 11.4. The first-order valence-electron chi connectivity index (χ1n) is 4.30. The van der Waals surface area contributed by atoms with Crippen molar-refractivity contribution in [3.8, 4) is 6.07 Å². The van der Waals surface area contributed by atoms with E-state index in [0.29, 0.717) is 10.2 Å². The lowest BCUT2D eigenvalue weighted by Gasteiger charge is -2.06. The summed E-state index contributed by atoms with van der Waals surface area (Å²) in [6.07, 6.45) is 3.21. The minimum atomic E-state index is -0.486. The van der Waals surface area contributed by atoms with Crippen LogP contribution in [0.3, 0.4) is 0 Å². The van der Waals surface area contributed by atoms with Crippen molar-refractivity contribution in [1.82, 2.24) is 4.68 Å². The standard InChI is InChI=1S/C9H9BrN4O2/c1-16-9(15)8-7(10)3-6-14(8)13-12-5-2-4-11/h3,5-6,13H,2H2,1H3/b12-5+. The number of hydrazone groups is 1. The molecule has 0 aliphatic heterocycles. The first-order valence-corrected chi connectivity index (χ1v) is 5.09. The fraction of sp³-hybridized carbons (Fsp3) is 0.222. The van der Waals surface area contributed by atoms with Gasteiger partial charge in [-0.3, -0.25) is 0 Å². The molecule has 1 heterocycles. The quantitative estimate of drug-likeness (QED) is 0.516. The van der Waals surface area contributed by atoms with Crippen LogP contribution in [0, 0.1) is 11.3 Å². The van der Waals surface area contributed by atoms with Crippen LogP contribution in [0.4, 0.5) is 0 Å². The van der Waals surface area contributed by atoms with E-state index in [4.69, 9.17) is 5.26 Å². The van der Waals surface area contributed by atoms with Gasteiger partial charge < -0.3 is 4.74 Å². The topological polar surface area (TPSA) is 79.4 Å². The minimum Gasteiger partial charge on any atom is -0.464 e. The average molecular weight is 285 g/mol. The monoisotopic (exact) mass is 284 g/mol. The number of halogens is 1. The Morgan fingerprint density at radius 3 is 3.25 bits per heavy atom. The molecule has 0 saturated heterocycles. The van der Waals surface area contributed by atoms with Crippen molar-refractivity contribution in [1.29, 1.82) is 5.26 Å². The van der Waals surface area contributed by atoms with Crippen LogP contribution in [0.2, 0.25) is 0 Å². The van der Waals surface area contributed by atoms with Crippen molar-refractivity contribution in [2.45, 2.75) is 6.42 Å². The summed E-state index contributed by atoms with van der Waals surface area (Å²) in [5.74, 6) is -0.486. The zero-order valence-corrected chi connectivity index (χ0v) is 10.1.